The molecule has 0 saturated heterocycles. The van der Waals surface area contributed by atoms with Crippen molar-refractivity contribution in [2.45, 2.75) is 18.4 Å². The number of ether oxygens (including phenoxy) is 1. The molecule has 1 aromatic rings. The summed E-state index contributed by atoms with van der Waals surface area (Å²) in [5, 5.41) is 2.90. The largest absolute Gasteiger partial charge is 0.467 e. The zero-order valence-electron chi connectivity index (χ0n) is 10.1. The van der Waals surface area contributed by atoms with Crippen LogP contribution < -0.4 is 5.32 Å². The summed E-state index contributed by atoms with van der Waals surface area (Å²) < 4.78 is 19.6. The van der Waals surface area contributed by atoms with E-state index < -0.39 is 11.4 Å². The van der Waals surface area contributed by atoms with Crippen molar-refractivity contribution in [3.63, 3.8) is 0 Å². The molecule has 0 bridgehead atoms. The van der Waals surface area contributed by atoms with Gasteiger partial charge in [0, 0.05) is 0 Å². The Morgan fingerprint density at radius 2 is 2.05 bits per heavy atom. The van der Waals surface area contributed by atoms with Crippen LogP contribution in [-0.4, -0.2) is 28.5 Å². The molecule has 0 aliphatic heterocycles. The minimum absolute atomic E-state index is 0.183. The molecule has 1 heterocycles. The molecule has 0 amide bonds. The highest BCUT2D eigenvalue weighted by molar-refractivity contribution is 9.13. The highest BCUT2D eigenvalue weighted by atomic mass is 79.9. The first-order valence-corrected chi connectivity index (χ1v) is 8.63. The highest BCUT2D eigenvalue weighted by Crippen LogP contribution is 2.39. The Kier molecular flexibility index (Phi) is 4.95. The molecule has 0 unspecified atom stereocenters. The Morgan fingerprint density at radius 1 is 1.45 bits per heavy atom. The van der Waals surface area contributed by atoms with E-state index in [-0.39, 0.29) is 20.7 Å². The van der Waals surface area contributed by atoms with Crippen LogP contribution in [0.3, 0.4) is 0 Å². The van der Waals surface area contributed by atoms with Gasteiger partial charge in [0.15, 0.2) is 5.82 Å². The van der Waals surface area contributed by atoms with Crippen molar-refractivity contribution >= 4 is 83.5 Å². The lowest BCUT2D eigenvalue weighted by atomic mass is 10.2. The molecule has 0 radical (unpaired) electrons. The summed E-state index contributed by atoms with van der Waals surface area (Å²) in [4.78, 5) is 12.3. The van der Waals surface area contributed by atoms with Gasteiger partial charge in [-0.3, -0.25) is 0 Å². The molecule has 2 rings (SSSR count). The predicted octanol–water partition coefficient (Wildman–Crippen LogP) is 3.75. The van der Waals surface area contributed by atoms with E-state index in [9.17, 15) is 9.18 Å². The normalized spacial score (nSPS) is 15.6. The molecule has 1 N–H and O–H groups in total. The number of esters is 1. The van der Waals surface area contributed by atoms with Crippen LogP contribution in [0.15, 0.2) is 8.26 Å². The molecule has 3 nitrogen and oxygen atoms in total. The van der Waals surface area contributed by atoms with Gasteiger partial charge in [0.25, 0.3) is 0 Å². The van der Waals surface area contributed by atoms with E-state index in [0.717, 1.165) is 11.3 Å². The standard InChI is InChI=1S/C11H8Br2FNO2S3/c1-17-10(16)11(2-3-11)15-9(19)6(18)7-5(14)4(12)8(13)20-7/h2-3H2,1H3,(H,15,19). The first kappa shape index (κ1) is 16.4. The summed E-state index contributed by atoms with van der Waals surface area (Å²) in [7, 11) is 1.32. The van der Waals surface area contributed by atoms with E-state index in [2.05, 4.69) is 37.2 Å². The molecule has 1 aliphatic carbocycles. The number of methoxy groups -OCH3 is 1. The molecule has 9 heteroatoms. The number of halogens is 3. The fourth-order valence-corrected chi connectivity index (χ4v) is 4.19. The van der Waals surface area contributed by atoms with Crippen molar-refractivity contribution in [3.8, 4) is 0 Å². The number of rotatable bonds is 4. The van der Waals surface area contributed by atoms with Gasteiger partial charge in [-0.25, -0.2) is 9.18 Å². The van der Waals surface area contributed by atoms with Gasteiger partial charge in [-0.2, -0.15) is 0 Å². The van der Waals surface area contributed by atoms with E-state index in [1.807, 2.05) is 0 Å². The number of hydrogen-bond acceptors (Lipinski definition) is 5. The Bertz CT molecular complexity index is 613. The lowest BCUT2D eigenvalue weighted by molar-refractivity contribution is -0.143. The molecular weight excluding hydrogens is 453 g/mol. The Hall–Kier alpha value is 0.0400. The average molecular weight is 461 g/mol. The third-order valence-electron chi connectivity index (χ3n) is 2.85. The van der Waals surface area contributed by atoms with Crippen LogP contribution in [0.4, 0.5) is 4.39 Å². The van der Waals surface area contributed by atoms with Gasteiger partial charge in [-0.05, 0) is 44.7 Å². The Balaban J connectivity index is 2.16. The van der Waals surface area contributed by atoms with Crippen LogP contribution in [0.5, 0.6) is 0 Å². The summed E-state index contributed by atoms with van der Waals surface area (Å²) in [5.74, 6) is -0.837. The molecule has 0 atom stereocenters. The average Bonchev–Trinajstić information content (AvgIpc) is 3.16. The van der Waals surface area contributed by atoms with Gasteiger partial charge in [-0.1, -0.05) is 24.4 Å². The summed E-state index contributed by atoms with van der Waals surface area (Å²) in [6, 6.07) is 0. The minimum atomic E-state index is -0.794. The van der Waals surface area contributed by atoms with Crippen LogP contribution in [0.1, 0.15) is 17.7 Å². The molecular formula is C11H8Br2FNO2S3. The van der Waals surface area contributed by atoms with Gasteiger partial charge in [-0.15, -0.1) is 11.3 Å². The van der Waals surface area contributed by atoms with Crippen molar-refractivity contribution in [1.82, 2.24) is 5.32 Å². The van der Waals surface area contributed by atoms with Crippen LogP contribution in [0.2, 0.25) is 0 Å². The second kappa shape index (κ2) is 6.04. The number of carbonyl (C=O) groups excluding carboxylic acids is 1. The maximum Gasteiger partial charge on any atom is 0.331 e. The van der Waals surface area contributed by atoms with E-state index in [1.165, 1.54) is 7.11 Å². The predicted molar refractivity (Wildman–Crippen MR) is 91.1 cm³/mol. The van der Waals surface area contributed by atoms with E-state index in [0.29, 0.717) is 21.1 Å². The van der Waals surface area contributed by atoms with Gasteiger partial charge in [0.05, 0.1) is 25.1 Å². The lowest BCUT2D eigenvalue weighted by Gasteiger charge is -2.16. The Morgan fingerprint density at radius 3 is 2.45 bits per heavy atom. The first-order valence-electron chi connectivity index (χ1n) is 5.41. The number of thiocarbonyl (C=S) groups is 2. The van der Waals surface area contributed by atoms with Gasteiger partial charge in [0.1, 0.15) is 10.5 Å². The van der Waals surface area contributed by atoms with Crippen LogP contribution in [-0.2, 0) is 9.53 Å². The smallest absolute Gasteiger partial charge is 0.331 e. The van der Waals surface area contributed by atoms with Crippen LogP contribution in [0, 0.1) is 5.82 Å². The Labute approximate surface area is 146 Å². The maximum absolute atomic E-state index is 14.0. The zero-order chi connectivity index (χ0) is 15.1. The van der Waals surface area contributed by atoms with Crippen molar-refractivity contribution < 1.29 is 13.9 Å². The topological polar surface area (TPSA) is 38.3 Å². The SMILES string of the molecule is COC(=O)C1(NC(=S)C(=S)c2sc(Br)c(Br)c2F)CC1. The monoisotopic (exact) mass is 459 g/mol. The second-order valence-corrected chi connectivity index (χ2v) is 8.14. The molecule has 0 aromatic carbocycles. The molecule has 20 heavy (non-hydrogen) atoms. The second-order valence-electron chi connectivity index (χ2n) is 4.19. The summed E-state index contributed by atoms with van der Waals surface area (Å²) in [6.45, 7) is 0. The maximum atomic E-state index is 14.0. The van der Waals surface area contributed by atoms with Crippen LogP contribution in [0.25, 0.3) is 0 Å². The number of nitrogens with one attached hydrogen (secondary N) is 1. The first-order chi connectivity index (χ1) is 9.32. The molecule has 1 aromatic heterocycles. The van der Waals surface area contributed by atoms with Crippen LogP contribution >= 0.6 is 67.6 Å². The lowest BCUT2D eigenvalue weighted by Crippen LogP contribution is -2.45. The summed E-state index contributed by atoms with van der Waals surface area (Å²) >= 11 is 17.9. The van der Waals surface area contributed by atoms with E-state index in [4.69, 9.17) is 29.2 Å². The van der Waals surface area contributed by atoms with Crippen molar-refractivity contribution in [2.24, 2.45) is 0 Å². The molecule has 1 aliphatic rings. The summed E-state index contributed by atoms with van der Waals surface area (Å²) in [5.41, 5.74) is -0.794. The quantitative estimate of drug-likeness (QED) is 0.420. The van der Waals surface area contributed by atoms with Gasteiger partial charge in [0.2, 0.25) is 0 Å². The molecule has 1 fully saturated rings. The van der Waals surface area contributed by atoms with Crippen molar-refractivity contribution in [1.29, 1.82) is 0 Å². The molecule has 108 valence electrons. The fraction of sp³-hybridized carbons (Fsp3) is 0.364. The van der Waals surface area contributed by atoms with Gasteiger partial charge < -0.3 is 10.1 Å². The van der Waals surface area contributed by atoms with Crippen molar-refractivity contribution in [2.75, 3.05) is 7.11 Å². The summed E-state index contributed by atoms with van der Waals surface area (Å²) in [6.07, 6.45) is 1.26. The van der Waals surface area contributed by atoms with E-state index >= 15 is 0 Å². The third kappa shape index (κ3) is 2.96. The number of hydrogen-bond donors (Lipinski definition) is 1. The van der Waals surface area contributed by atoms with Crippen molar-refractivity contribution in [3.05, 3.63) is 19.0 Å². The van der Waals surface area contributed by atoms with E-state index in [1.54, 1.807) is 0 Å². The molecule has 0 spiro atoms. The third-order valence-corrected chi connectivity index (χ3v) is 7.21. The fourth-order valence-electron chi connectivity index (χ4n) is 1.59. The molecule has 1 saturated carbocycles. The minimum Gasteiger partial charge on any atom is -0.467 e. The number of carbonyl (C=O) groups is 1. The number of thiophene rings is 1. The zero-order valence-corrected chi connectivity index (χ0v) is 15.7. The highest BCUT2D eigenvalue weighted by Gasteiger charge is 2.52. The van der Waals surface area contributed by atoms with Gasteiger partial charge >= 0.3 is 5.97 Å².